The molecule has 0 saturated carbocycles. The molecule has 2 fully saturated rings. The summed E-state index contributed by atoms with van der Waals surface area (Å²) in [6, 6.07) is 8.89. The summed E-state index contributed by atoms with van der Waals surface area (Å²) >= 11 is 0. The number of nitrogens with one attached hydrogen (secondary N) is 1. The summed E-state index contributed by atoms with van der Waals surface area (Å²) in [5.41, 5.74) is 2.33. The fourth-order valence-electron chi connectivity index (χ4n) is 4.84. The van der Waals surface area contributed by atoms with Gasteiger partial charge in [0, 0.05) is 51.3 Å². The predicted molar refractivity (Wildman–Crippen MR) is 112 cm³/mol. The number of carbonyl (C=O) groups excluding carboxylic acids is 1. The number of hydrogen-bond acceptors (Lipinski definition) is 5. The third-order valence-electron chi connectivity index (χ3n) is 6.50. The number of nitrogens with zero attached hydrogens (tertiary/aromatic N) is 5. The van der Waals surface area contributed by atoms with E-state index in [1.54, 1.807) is 0 Å². The molecular formula is C22H30N6O. The Morgan fingerprint density at radius 3 is 2.62 bits per heavy atom. The van der Waals surface area contributed by atoms with E-state index in [9.17, 15) is 4.79 Å². The minimum atomic E-state index is 0.247. The zero-order chi connectivity index (χ0) is 19.6. The first-order valence-electron chi connectivity index (χ1n) is 11.0. The number of carbonyl (C=O) groups is 1. The molecule has 0 radical (unpaired) electrons. The summed E-state index contributed by atoms with van der Waals surface area (Å²) < 4.78 is 2.35. The van der Waals surface area contributed by atoms with Gasteiger partial charge in [-0.05, 0) is 43.5 Å². The number of benzene rings is 1. The topological polar surface area (TPSA) is 66.3 Å². The van der Waals surface area contributed by atoms with E-state index in [-0.39, 0.29) is 5.91 Å². The largest absolute Gasteiger partial charge is 0.312 e. The molecule has 1 N–H and O–H groups in total. The highest BCUT2D eigenvalue weighted by molar-refractivity contribution is 5.95. The molecule has 3 aliphatic heterocycles. The van der Waals surface area contributed by atoms with E-state index >= 15 is 0 Å². The summed E-state index contributed by atoms with van der Waals surface area (Å²) in [4.78, 5) is 16.3. The Balaban J connectivity index is 1.22. The van der Waals surface area contributed by atoms with Gasteiger partial charge < -0.3 is 14.8 Å². The van der Waals surface area contributed by atoms with Crippen LogP contribution in [0.1, 0.15) is 55.4 Å². The van der Waals surface area contributed by atoms with Crippen molar-refractivity contribution in [3.05, 3.63) is 41.5 Å². The molecule has 3 aliphatic rings. The minimum Gasteiger partial charge on any atom is -0.312 e. The SMILES string of the molecule is O=C1CCCN1c1ccc(CN2CCc3nnc([C@H]4CCCCN4)n3CC2)cc1. The van der Waals surface area contributed by atoms with Crippen LogP contribution >= 0.6 is 0 Å². The van der Waals surface area contributed by atoms with E-state index < -0.39 is 0 Å². The second kappa shape index (κ2) is 8.24. The van der Waals surface area contributed by atoms with Crippen LogP contribution in [0.15, 0.2) is 24.3 Å². The predicted octanol–water partition coefficient (Wildman–Crippen LogP) is 2.28. The van der Waals surface area contributed by atoms with E-state index in [1.165, 1.54) is 18.4 Å². The molecule has 0 bridgehead atoms. The van der Waals surface area contributed by atoms with Gasteiger partial charge in [-0.2, -0.15) is 0 Å². The van der Waals surface area contributed by atoms with E-state index in [1.807, 2.05) is 4.90 Å². The lowest BCUT2D eigenvalue weighted by Crippen LogP contribution is -2.30. The molecule has 7 nitrogen and oxygen atoms in total. The molecule has 1 aromatic heterocycles. The second-order valence-electron chi connectivity index (χ2n) is 8.47. The summed E-state index contributed by atoms with van der Waals surface area (Å²) in [5.74, 6) is 2.50. The molecule has 0 aliphatic carbocycles. The maximum Gasteiger partial charge on any atom is 0.227 e. The van der Waals surface area contributed by atoms with Gasteiger partial charge in [0.25, 0.3) is 0 Å². The van der Waals surface area contributed by atoms with E-state index in [2.05, 4.69) is 49.2 Å². The minimum absolute atomic E-state index is 0.247. The van der Waals surface area contributed by atoms with Gasteiger partial charge in [0.05, 0.1) is 6.04 Å². The molecule has 1 atom stereocenters. The number of hydrogen-bond donors (Lipinski definition) is 1. The molecule has 29 heavy (non-hydrogen) atoms. The molecule has 4 heterocycles. The monoisotopic (exact) mass is 394 g/mol. The lowest BCUT2D eigenvalue weighted by Gasteiger charge is -2.24. The molecule has 1 aromatic carbocycles. The van der Waals surface area contributed by atoms with Crippen LogP contribution < -0.4 is 10.2 Å². The zero-order valence-corrected chi connectivity index (χ0v) is 17.0. The number of rotatable bonds is 4. The Hall–Kier alpha value is -2.25. The normalized spacial score (nSPS) is 23.2. The highest BCUT2D eigenvalue weighted by Crippen LogP contribution is 2.24. The van der Waals surface area contributed by atoms with Crippen molar-refractivity contribution in [2.45, 2.75) is 57.7 Å². The maximum absolute atomic E-state index is 11.9. The van der Waals surface area contributed by atoms with Crippen LogP contribution in [0.5, 0.6) is 0 Å². The number of fused-ring (bicyclic) bond motifs is 1. The summed E-state index contributed by atoms with van der Waals surface area (Å²) in [7, 11) is 0. The van der Waals surface area contributed by atoms with Crippen LogP contribution in [0.2, 0.25) is 0 Å². The van der Waals surface area contributed by atoms with Crippen molar-refractivity contribution in [1.82, 2.24) is 25.0 Å². The van der Waals surface area contributed by atoms with Crippen LogP contribution in [0, 0.1) is 0 Å². The molecule has 0 spiro atoms. The van der Waals surface area contributed by atoms with E-state index in [4.69, 9.17) is 0 Å². The Kier molecular flexibility index (Phi) is 5.33. The van der Waals surface area contributed by atoms with E-state index in [0.717, 1.165) is 75.9 Å². The Bertz CT molecular complexity index is 855. The van der Waals surface area contributed by atoms with Crippen molar-refractivity contribution in [3.8, 4) is 0 Å². The molecule has 2 aromatic rings. The molecular weight excluding hydrogens is 364 g/mol. The van der Waals surface area contributed by atoms with Gasteiger partial charge in [0.1, 0.15) is 11.6 Å². The molecule has 1 amide bonds. The fourth-order valence-corrected chi connectivity index (χ4v) is 4.84. The van der Waals surface area contributed by atoms with Crippen LogP contribution in [0.25, 0.3) is 0 Å². The van der Waals surface area contributed by atoms with Gasteiger partial charge in [-0.25, -0.2) is 0 Å². The Labute approximate surface area is 172 Å². The molecule has 7 heteroatoms. The Morgan fingerprint density at radius 1 is 0.966 bits per heavy atom. The van der Waals surface area contributed by atoms with Gasteiger partial charge in [-0.1, -0.05) is 18.6 Å². The lowest BCUT2D eigenvalue weighted by atomic mass is 10.0. The fraction of sp³-hybridized carbons (Fsp3) is 0.591. The number of anilines is 1. The average molecular weight is 395 g/mol. The average Bonchev–Trinajstić information content (AvgIpc) is 3.32. The number of amides is 1. The van der Waals surface area contributed by atoms with Crippen molar-refractivity contribution in [2.75, 3.05) is 31.1 Å². The molecule has 2 saturated heterocycles. The molecule has 5 rings (SSSR count). The van der Waals surface area contributed by atoms with Gasteiger partial charge >= 0.3 is 0 Å². The Morgan fingerprint density at radius 2 is 1.86 bits per heavy atom. The summed E-state index contributed by atoms with van der Waals surface area (Å²) in [6.45, 7) is 5.83. The van der Waals surface area contributed by atoms with Crippen LogP contribution in [-0.2, 0) is 24.3 Å². The van der Waals surface area contributed by atoms with Crippen LogP contribution in [0.4, 0.5) is 5.69 Å². The van der Waals surface area contributed by atoms with E-state index in [0.29, 0.717) is 12.5 Å². The van der Waals surface area contributed by atoms with Crippen molar-refractivity contribution < 1.29 is 4.79 Å². The smallest absolute Gasteiger partial charge is 0.227 e. The van der Waals surface area contributed by atoms with Crippen molar-refractivity contribution in [2.24, 2.45) is 0 Å². The third-order valence-corrected chi connectivity index (χ3v) is 6.50. The number of aromatic nitrogens is 3. The quantitative estimate of drug-likeness (QED) is 0.862. The van der Waals surface area contributed by atoms with Gasteiger partial charge in [0.15, 0.2) is 0 Å². The van der Waals surface area contributed by atoms with Crippen LogP contribution in [0.3, 0.4) is 0 Å². The standard InChI is InChI=1S/C22H30N6O/c29-21-5-3-12-27(21)18-8-6-17(7-9-18)16-26-13-10-20-24-25-22(28(20)15-14-26)19-4-1-2-11-23-19/h6-9,19,23H,1-5,10-16H2/t19-/m1/s1. The summed E-state index contributed by atoms with van der Waals surface area (Å²) in [5, 5.41) is 12.6. The van der Waals surface area contributed by atoms with Crippen LogP contribution in [-0.4, -0.2) is 51.8 Å². The lowest BCUT2D eigenvalue weighted by molar-refractivity contribution is -0.117. The maximum atomic E-state index is 11.9. The van der Waals surface area contributed by atoms with Crippen molar-refractivity contribution >= 4 is 11.6 Å². The van der Waals surface area contributed by atoms with Gasteiger partial charge in [-0.3, -0.25) is 9.69 Å². The van der Waals surface area contributed by atoms with Crippen molar-refractivity contribution in [1.29, 1.82) is 0 Å². The highest BCUT2D eigenvalue weighted by atomic mass is 16.2. The second-order valence-corrected chi connectivity index (χ2v) is 8.47. The zero-order valence-electron chi connectivity index (χ0n) is 17.0. The van der Waals surface area contributed by atoms with Gasteiger partial charge in [-0.15, -0.1) is 10.2 Å². The first-order chi connectivity index (χ1) is 14.3. The summed E-state index contributed by atoms with van der Waals surface area (Å²) in [6.07, 6.45) is 6.28. The van der Waals surface area contributed by atoms with Crippen molar-refractivity contribution in [3.63, 3.8) is 0 Å². The first-order valence-corrected chi connectivity index (χ1v) is 11.0. The number of piperidine rings is 1. The third kappa shape index (κ3) is 3.94. The van der Waals surface area contributed by atoms with Gasteiger partial charge in [0.2, 0.25) is 5.91 Å². The molecule has 154 valence electrons. The molecule has 0 unspecified atom stereocenters. The first kappa shape index (κ1) is 18.8. The highest BCUT2D eigenvalue weighted by Gasteiger charge is 2.25.